The van der Waals surface area contributed by atoms with Gasteiger partial charge in [-0.2, -0.15) is 0 Å². The van der Waals surface area contributed by atoms with E-state index in [-0.39, 0.29) is 18.5 Å². The Morgan fingerprint density at radius 1 is 1.09 bits per heavy atom. The second kappa shape index (κ2) is 6.91. The van der Waals surface area contributed by atoms with Gasteiger partial charge in [-0.25, -0.2) is 0 Å². The maximum Gasteiger partial charge on any atom is 0.128 e. The van der Waals surface area contributed by atoms with Crippen LogP contribution in [0.5, 0.6) is 5.75 Å². The molecule has 2 nitrogen and oxygen atoms in total. The van der Waals surface area contributed by atoms with Gasteiger partial charge in [0.2, 0.25) is 0 Å². The molecule has 0 N–H and O–H groups in total. The number of hydrogen-bond donors (Lipinski definition) is 0. The third kappa shape index (κ3) is 3.23. The lowest BCUT2D eigenvalue weighted by atomic mass is 10.1. The molecule has 1 aromatic heterocycles. The van der Waals surface area contributed by atoms with Crippen molar-refractivity contribution in [1.29, 1.82) is 0 Å². The molecule has 0 amide bonds. The standard InChI is InChI=1S/C19H19NOS.ClH/c1-20-11-9-18(16-10-12-22-19(16)13-20)21-17-8-4-6-14-5-2-3-7-15(14)17;/h2-8,10,12,18H,9,11,13H2,1H3;1H. The van der Waals surface area contributed by atoms with Crippen molar-refractivity contribution in [2.45, 2.75) is 19.1 Å². The molecule has 0 aliphatic carbocycles. The normalized spacial score (nSPS) is 18.0. The van der Waals surface area contributed by atoms with Gasteiger partial charge in [0.15, 0.2) is 0 Å². The van der Waals surface area contributed by atoms with Crippen LogP contribution in [0, 0.1) is 0 Å². The predicted octanol–water partition coefficient (Wildman–Crippen LogP) is 5.28. The summed E-state index contributed by atoms with van der Waals surface area (Å²) in [6.45, 7) is 2.10. The molecule has 23 heavy (non-hydrogen) atoms. The van der Waals surface area contributed by atoms with Crippen LogP contribution in [0.15, 0.2) is 53.9 Å². The maximum atomic E-state index is 6.46. The van der Waals surface area contributed by atoms with Crippen molar-refractivity contribution in [3.05, 3.63) is 64.4 Å². The highest BCUT2D eigenvalue weighted by atomic mass is 35.5. The SMILES string of the molecule is CN1CCC(Oc2cccc3ccccc23)c2ccsc2C1.Cl. The molecular formula is C19H20ClNOS. The van der Waals surface area contributed by atoms with Gasteiger partial charge in [-0.15, -0.1) is 23.7 Å². The summed E-state index contributed by atoms with van der Waals surface area (Å²) in [6, 6.07) is 17.0. The molecule has 1 atom stereocenters. The summed E-state index contributed by atoms with van der Waals surface area (Å²) in [5.74, 6) is 0.991. The summed E-state index contributed by atoms with van der Waals surface area (Å²) >= 11 is 1.84. The van der Waals surface area contributed by atoms with Gasteiger partial charge in [-0.3, -0.25) is 0 Å². The maximum absolute atomic E-state index is 6.46. The van der Waals surface area contributed by atoms with Gasteiger partial charge >= 0.3 is 0 Å². The largest absolute Gasteiger partial charge is 0.485 e. The van der Waals surface area contributed by atoms with E-state index in [1.54, 1.807) is 0 Å². The minimum Gasteiger partial charge on any atom is -0.485 e. The van der Waals surface area contributed by atoms with Crippen LogP contribution in [-0.4, -0.2) is 18.5 Å². The van der Waals surface area contributed by atoms with Crippen LogP contribution in [0.25, 0.3) is 10.8 Å². The molecule has 4 heteroatoms. The zero-order valence-electron chi connectivity index (χ0n) is 13.1. The van der Waals surface area contributed by atoms with Crippen LogP contribution in [0.3, 0.4) is 0 Å². The molecule has 4 rings (SSSR count). The molecule has 2 aromatic carbocycles. The minimum atomic E-state index is 0. The molecule has 1 aliphatic rings. The van der Waals surface area contributed by atoms with Gasteiger partial charge in [0.25, 0.3) is 0 Å². The average Bonchev–Trinajstić information content (AvgIpc) is 2.94. The first-order valence-electron chi connectivity index (χ1n) is 7.70. The van der Waals surface area contributed by atoms with Crippen molar-refractivity contribution in [3.8, 4) is 5.75 Å². The van der Waals surface area contributed by atoms with Crippen molar-refractivity contribution in [2.75, 3.05) is 13.6 Å². The Labute approximate surface area is 147 Å². The lowest BCUT2D eigenvalue weighted by molar-refractivity contribution is 0.185. The highest BCUT2D eigenvalue weighted by Crippen LogP contribution is 2.36. The molecule has 1 aliphatic heterocycles. The molecular weight excluding hydrogens is 326 g/mol. The number of nitrogens with zero attached hydrogens (tertiary/aromatic N) is 1. The van der Waals surface area contributed by atoms with E-state index in [1.165, 1.54) is 21.2 Å². The van der Waals surface area contributed by atoms with Crippen LogP contribution in [0.2, 0.25) is 0 Å². The van der Waals surface area contributed by atoms with E-state index in [4.69, 9.17) is 4.74 Å². The highest BCUT2D eigenvalue weighted by molar-refractivity contribution is 7.10. The van der Waals surface area contributed by atoms with Crippen LogP contribution >= 0.6 is 23.7 Å². The summed E-state index contributed by atoms with van der Waals surface area (Å²) in [6.07, 6.45) is 1.18. The molecule has 0 saturated heterocycles. The van der Waals surface area contributed by atoms with E-state index in [0.29, 0.717) is 0 Å². The smallest absolute Gasteiger partial charge is 0.128 e. The topological polar surface area (TPSA) is 12.5 Å². The van der Waals surface area contributed by atoms with Gasteiger partial charge in [-0.05, 0) is 29.9 Å². The molecule has 0 fully saturated rings. The first-order chi connectivity index (χ1) is 10.8. The van der Waals surface area contributed by atoms with Gasteiger partial charge in [-0.1, -0.05) is 36.4 Å². The van der Waals surface area contributed by atoms with E-state index in [0.717, 1.165) is 25.3 Å². The Balaban J connectivity index is 0.00000156. The fourth-order valence-electron chi connectivity index (χ4n) is 3.16. The molecule has 0 radical (unpaired) electrons. The zero-order valence-corrected chi connectivity index (χ0v) is 14.7. The first-order valence-corrected chi connectivity index (χ1v) is 8.58. The summed E-state index contributed by atoms with van der Waals surface area (Å²) in [5, 5.41) is 4.61. The number of benzene rings is 2. The van der Waals surface area contributed by atoms with E-state index < -0.39 is 0 Å². The molecule has 0 spiro atoms. The quantitative estimate of drug-likeness (QED) is 0.626. The van der Waals surface area contributed by atoms with E-state index in [1.807, 2.05) is 11.3 Å². The van der Waals surface area contributed by atoms with E-state index >= 15 is 0 Å². The number of hydrogen-bond acceptors (Lipinski definition) is 3. The Hall–Kier alpha value is -1.55. The minimum absolute atomic E-state index is 0. The first kappa shape index (κ1) is 16.3. The summed E-state index contributed by atoms with van der Waals surface area (Å²) in [4.78, 5) is 3.81. The van der Waals surface area contributed by atoms with Crippen LogP contribution < -0.4 is 4.74 Å². The van der Waals surface area contributed by atoms with Gasteiger partial charge < -0.3 is 9.64 Å². The van der Waals surface area contributed by atoms with Crippen molar-refractivity contribution in [2.24, 2.45) is 0 Å². The third-order valence-electron chi connectivity index (χ3n) is 4.33. The number of fused-ring (bicyclic) bond motifs is 2. The van der Waals surface area contributed by atoms with Gasteiger partial charge in [0, 0.05) is 35.3 Å². The van der Waals surface area contributed by atoms with Crippen molar-refractivity contribution in [1.82, 2.24) is 4.90 Å². The Morgan fingerprint density at radius 2 is 1.91 bits per heavy atom. The van der Waals surface area contributed by atoms with Crippen molar-refractivity contribution >= 4 is 34.5 Å². The predicted molar refractivity (Wildman–Crippen MR) is 99.8 cm³/mol. The molecule has 2 heterocycles. The van der Waals surface area contributed by atoms with Crippen LogP contribution in [-0.2, 0) is 6.54 Å². The monoisotopic (exact) mass is 345 g/mol. The molecule has 0 bridgehead atoms. The Morgan fingerprint density at radius 3 is 2.83 bits per heavy atom. The molecule has 1 unspecified atom stereocenters. The number of thiophene rings is 1. The van der Waals surface area contributed by atoms with Gasteiger partial charge in [0.1, 0.15) is 11.9 Å². The molecule has 0 saturated carbocycles. The lowest BCUT2D eigenvalue weighted by Crippen LogP contribution is -2.17. The molecule has 3 aromatic rings. The fourth-order valence-corrected chi connectivity index (χ4v) is 4.17. The highest BCUT2D eigenvalue weighted by Gasteiger charge is 2.23. The third-order valence-corrected chi connectivity index (χ3v) is 5.25. The number of ether oxygens (including phenoxy) is 1. The Bertz CT molecular complexity index is 795. The average molecular weight is 346 g/mol. The Kier molecular flexibility index (Phi) is 4.90. The second-order valence-corrected chi connectivity index (χ2v) is 6.91. The number of halogens is 1. The second-order valence-electron chi connectivity index (χ2n) is 5.91. The fraction of sp³-hybridized carbons (Fsp3) is 0.263. The van der Waals surface area contributed by atoms with Crippen molar-refractivity contribution < 1.29 is 4.74 Å². The summed E-state index contributed by atoms with van der Waals surface area (Å²) < 4.78 is 6.46. The number of rotatable bonds is 2. The van der Waals surface area contributed by atoms with E-state index in [2.05, 4.69) is 65.9 Å². The zero-order chi connectivity index (χ0) is 14.9. The summed E-state index contributed by atoms with van der Waals surface area (Å²) in [5.41, 5.74) is 1.36. The van der Waals surface area contributed by atoms with Gasteiger partial charge in [0.05, 0.1) is 0 Å². The van der Waals surface area contributed by atoms with Crippen molar-refractivity contribution in [3.63, 3.8) is 0 Å². The van der Waals surface area contributed by atoms with Crippen LogP contribution in [0.1, 0.15) is 23.0 Å². The lowest BCUT2D eigenvalue weighted by Gasteiger charge is -2.19. The summed E-state index contributed by atoms with van der Waals surface area (Å²) in [7, 11) is 2.18. The van der Waals surface area contributed by atoms with Crippen LogP contribution in [0.4, 0.5) is 0 Å². The van der Waals surface area contributed by atoms with E-state index in [9.17, 15) is 0 Å². The molecule has 120 valence electrons.